The van der Waals surface area contributed by atoms with Crippen molar-refractivity contribution in [3.05, 3.63) is 65.7 Å². The highest BCUT2D eigenvalue weighted by Gasteiger charge is 2.03. The molecular formula is C15H13N3. The van der Waals surface area contributed by atoms with Crippen LogP contribution in [0.25, 0.3) is 0 Å². The molecule has 2 rings (SSSR count). The van der Waals surface area contributed by atoms with Crippen LogP contribution in [0.5, 0.6) is 0 Å². The van der Waals surface area contributed by atoms with E-state index in [1.807, 2.05) is 55.5 Å². The van der Waals surface area contributed by atoms with Gasteiger partial charge in [0.2, 0.25) is 0 Å². The van der Waals surface area contributed by atoms with Gasteiger partial charge >= 0.3 is 0 Å². The van der Waals surface area contributed by atoms with E-state index in [0.717, 1.165) is 17.0 Å². The van der Waals surface area contributed by atoms with Crippen molar-refractivity contribution in [2.75, 3.05) is 5.43 Å². The molecule has 0 unspecified atom stereocenters. The van der Waals surface area contributed by atoms with E-state index >= 15 is 0 Å². The van der Waals surface area contributed by atoms with Crippen LogP contribution in [0, 0.1) is 11.3 Å². The zero-order valence-corrected chi connectivity index (χ0v) is 10.1. The maximum atomic E-state index is 9.03. The Kier molecular flexibility index (Phi) is 3.72. The zero-order chi connectivity index (χ0) is 12.8. The van der Waals surface area contributed by atoms with Gasteiger partial charge in [0.05, 0.1) is 23.0 Å². The maximum Gasteiger partial charge on any atom is 0.0998 e. The van der Waals surface area contributed by atoms with Gasteiger partial charge in [0.15, 0.2) is 0 Å². The lowest BCUT2D eigenvalue weighted by atomic mass is 10.1. The number of nitrogens with one attached hydrogen (secondary N) is 1. The first kappa shape index (κ1) is 11.9. The van der Waals surface area contributed by atoms with E-state index < -0.39 is 0 Å². The summed E-state index contributed by atoms with van der Waals surface area (Å²) < 4.78 is 0. The van der Waals surface area contributed by atoms with Crippen molar-refractivity contribution in [2.24, 2.45) is 5.10 Å². The first-order chi connectivity index (χ1) is 8.81. The number of anilines is 1. The smallest absolute Gasteiger partial charge is 0.0998 e. The molecule has 0 saturated heterocycles. The van der Waals surface area contributed by atoms with Gasteiger partial charge < -0.3 is 0 Å². The number of benzene rings is 2. The zero-order valence-electron chi connectivity index (χ0n) is 10.1. The summed E-state index contributed by atoms with van der Waals surface area (Å²) in [7, 11) is 0. The van der Waals surface area contributed by atoms with Gasteiger partial charge in [0.25, 0.3) is 0 Å². The van der Waals surface area contributed by atoms with Crippen LogP contribution in [0.15, 0.2) is 59.7 Å². The predicted octanol–water partition coefficient (Wildman–Crippen LogP) is 3.39. The van der Waals surface area contributed by atoms with Crippen LogP contribution in [0.1, 0.15) is 18.1 Å². The molecule has 0 atom stereocenters. The number of nitrogens with zero attached hydrogens (tertiary/aromatic N) is 2. The Hall–Kier alpha value is -2.60. The lowest BCUT2D eigenvalue weighted by Gasteiger charge is -2.04. The Morgan fingerprint density at radius 3 is 2.44 bits per heavy atom. The van der Waals surface area contributed by atoms with E-state index in [4.69, 9.17) is 5.26 Å². The van der Waals surface area contributed by atoms with Crippen LogP contribution in [0.3, 0.4) is 0 Å². The van der Waals surface area contributed by atoms with Crippen LogP contribution >= 0.6 is 0 Å². The molecule has 2 aromatic rings. The van der Waals surface area contributed by atoms with Gasteiger partial charge in [0, 0.05) is 5.56 Å². The molecule has 0 heterocycles. The van der Waals surface area contributed by atoms with Gasteiger partial charge in [-0.05, 0) is 25.1 Å². The molecule has 3 nitrogen and oxygen atoms in total. The van der Waals surface area contributed by atoms with E-state index in [0.29, 0.717) is 5.56 Å². The van der Waals surface area contributed by atoms with Gasteiger partial charge in [-0.3, -0.25) is 5.43 Å². The van der Waals surface area contributed by atoms with E-state index in [1.54, 1.807) is 6.07 Å². The fourth-order valence-corrected chi connectivity index (χ4v) is 1.62. The minimum absolute atomic E-state index is 0.633. The van der Waals surface area contributed by atoms with Crippen molar-refractivity contribution in [3.8, 4) is 6.07 Å². The summed E-state index contributed by atoms with van der Waals surface area (Å²) >= 11 is 0. The molecule has 0 amide bonds. The summed E-state index contributed by atoms with van der Waals surface area (Å²) in [4.78, 5) is 0. The molecule has 3 heteroatoms. The Balaban J connectivity index is 2.21. The monoisotopic (exact) mass is 235 g/mol. The number of nitriles is 1. The summed E-state index contributed by atoms with van der Waals surface area (Å²) in [5, 5.41) is 13.3. The van der Waals surface area contributed by atoms with Gasteiger partial charge in [-0.1, -0.05) is 36.4 Å². The highest BCUT2D eigenvalue weighted by atomic mass is 15.3. The van der Waals surface area contributed by atoms with E-state index in [-0.39, 0.29) is 0 Å². The van der Waals surface area contributed by atoms with Crippen molar-refractivity contribution in [3.63, 3.8) is 0 Å². The first-order valence-corrected chi connectivity index (χ1v) is 5.66. The third-order valence-corrected chi connectivity index (χ3v) is 2.56. The molecule has 0 aliphatic heterocycles. The highest BCUT2D eigenvalue weighted by molar-refractivity contribution is 6.01. The summed E-state index contributed by atoms with van der Waals surface area (Å²) in [5.74, 6) is 0. The van der Waals surface area contributed by atoms with Crippen molar-refractivity contribution in [2.45, 2.75) is 6.92 Å². The molecule has 88 valence electrons. The molecule has 0 saturated carbocycles. The van der Waals surface area contributed by atoms with Crippen LogP contribution in [-0.2, 0) is 0 Å². The SMILES string of the molecule is CC(=NNc1ccccc1)c1ccccc1C#N. The van der Waals surface area contributed by atoms with Gasteiger partial charge in [-0.25, -0.2) is 0 Å². The van der Waals surface area contributed by atoms with Gasteiger partial charge in [-0.2, -0.15) is 10.4 Å². The predicted molar refractivity (Wildman–Crippen MR) is 73.4 cm³/mol. The van der Waals surface area contributed by atoms with Crippen LogP contribution in [-0.4, -0.2) is 5.71 Å². The van der Waals surface area contributed by atoms with Crippen LogP contribution in [0.4, 0.5) is 5.69 Å². The topological polar surface area (TPSA) is 48.2 Å². The van der Waals surface area contributed by atoms with E-state index in [1.165, 1.54) is 0 Å². The van der Waals surface area contributed by atoms with E-state index in [2.05, 4.69) is 16.6 Å². The van der Waals surface area contributed by atoms with Crippen molar-refractivity contribution in [1.82, 2.24) is 0 Å². The third kappa shape index (κ3) is 2.74. The van der Waals surface area contributed by atoms with Crippen LogP contribution in [0.2, 0.25) is 0 Å². The second-order valence-corrected chi connectivity index (χ2v) is 3.83. The third-order valence-electron chi connectivity index (χ3n) is 2.56. The minimum Gasteiger partial charge on any atom is -0.278 e. The quantitative estimate of drug-likeness (QED) is 0.654. The lowest BCUT2D eigenvalue weighted by Crippen LogP contribution is -2.02. The largest absolute Gasteiger partial charge is 0.278 e. The Morgan fingerprint density at radius 2 is 1.72 bits per heavy atom. The number of hydrogen-bond donors (Lipinski definition) is 1. The number of para-hydroxylation sites is 1. The Labute approximate surface area is 106 Å². The molecule has 0 radical (unpaired) electrons. The molecule has 1 N–H and O–H groups in total. The molecule has 0 aromatic heterocycles. The standard InChI is InChI=1S/C15H13N3/c1-12(15-10-6-5-7-13(15)11-16)17-18-14-8-3-2-4-9-14/h2-10,18H,1H3. The Bertz CT molecular complexity index is 595. The summed E-state index contributed by atoms with van der Waals surface area (Å²) in [6.45, 7) is 1.88. The molecule has 18 heavy (non-hydrogen) atoms. The number of rotatable bonds is 3. The number of hydrazone groups is 1. The highest BCUT2D eigenvalue weighted by Crippen LogP contribution is 2.10. The molecule has 0 aliphatic rings. The number of hydrogen-bond acceptors (Lipinski definition) is 3. The van der Waals surface area contributed by atoms with Gasteiger partial charge in [0.1, 0.15) is 0 Å². The fourth-order valence-electron chi connectivity index (χ4n) is 1.62. The Morgan fingerprint density at radius 1 is 1.06 bits per heavy atom. The molecule has 2 aromatic carbocycles. The van der Waals surface area contributed by atoms with E-state index in [9.17, 15) is 0 Å². The van der Waals surface area contributed by atoms with Crippen molar-refractivity contribution in [1.29, 1.82) is 5.26 Å². The molecule has 0 fully saturated rings. The molecule has 0 spiro atoms. The summed E-state index contributed by atoms with van der Waals surface area (Å²) in [5.41, 5.74) is 6.17. The summed E-state index contributed by atoms with van der Waals surface area (Å²) in [6.07, 6.45) is 0. The van der Waals surface area contributed by atoms with Gasteiger partial charge in [-0.15, -0.1) is 0 Å². The fraction of sp³-hybridized carbons (Fsp3) is 0.0667. The van der Waals surface area contributed by atoms with Crippen molar-refractivity contribution < 1.29 is 0 Å². The molecule has 0 bridgehead atoms. The summed E-state index contributed by atoms with van der Waals surface area (Å²) in [6, 6.07) is 19.3. The van der Waals surface area contributed by atoms with Crippen LogP contribution < -0.4 is 5.43 Å². The van der Waals surface area contributed by atoms with Crippen molar-refractivity contribution >= 4 is 11.4 Å². The second kappa shape index (κ2) is 5.65. The maximum absolute atomic E-state index is 9.03. The average molecular weight is 235 g/mol. The second-order valence-electron chi connectivity index (χ2n) is 3.83. The normalized spacial score (nSPS) is 10.8. The minimum atomic E-state index is 0.633. The lowest BCUT2D eigenvalue weighted by molar-refractivity contribution is 1.32. The average Bonchev–Trinajstić information content (AvgIpc) is 2.45. The first-order valence-electron chi connectivity index (χ1n) is 5.66. The molecular weight excluding hydrogens is 222 g/mol. The molecule has 0 aliphatic carbocycles.